The van der Waals surface area contributed by atoms with E-state index in [4.69, 9.17) is 0 Å². The van der Waals surface area contributed by atoms with Crippen LogP contribution in [0.4, 0.5) is 0 Å². The topological polar surface area (TPSA) is 47.2 Å². The molecule has 0 atom stereocenters. The largest absolute Gasteiger partial charge is 0.330 e. The summed E-state index contributed by atoms with van der Waals surface area (Å²) in [6.07, 6.45) is 0. The van der Waals surface area contributed by atoms with Crippen LogP contribution >= 0.6 is 0 Å². The highest BCUT2D eigenvalue weighted by atomic mass is 16.2. The molecule has 0 unspecified atom stereocenters. The normalized spacial score (nSPS) is 11.0. The van der Waals surface area contributed by atoms with Crippen LogP contribution in [0.15, 0.2) is 76.3 Å². The van der Waals surface area contributed by atoms with Gasteiger partial charge in [0.15, 0.2) is 0 Å². The summed E-state index contributed by atoms with van der Waals surface area (Å²) >= 11 is 0. The van der Waals surface area contributed by atoms with Gasteiger partial charge in [-0.05, 0) is 11.1 Å². The van der Waals surface area contributed by atoms with E-state index in [1.54, 1.807) is 17.7 Å². The fourth-order valence-electron chi connectivity index (χ4n) is 3.01. The summed E-state index contributed by atoms with van der Waals surface area (Å²) < 4.78 is 2.67. The molecule has 0 N–H and O–H groups in total. The van der Waals surface area contributed by atoms with E-state index in [0.717, 1.165) is 17.7 Å². The average Bonchev–Trinajstić information content (AvgIpc) is 2.66. The van der Waals surface area contributed by atoms with Crippen LogP contribution in [0.5, 0.6) is 0 Å². The number of hydrogen-bond acceptors (Lipinski definition) is 3. The standard InChI is InChI=1S/C21H23N3O2/c1-22-19(13-20(25)23(2)21(22)26)16-24(14-17-9-5-3-6-10-17)15-18-11-7-4-8-12-18/h3-13H,14-16H2,1-2H3. The highest BCUT2D eigenvalue weighted by Crippen LogP contribution is 2.13. The quantitative estimate of drug-likeness (QED) is 0.686. The summed E-state index contributed by atoms with van der Waals surface area (Å²) in [5, 5.41) is 0. The van der Waals surface area contributed by atoms with Gasteiger partial charge in [-0.1, -0.05) is 60.7 Å². The van der Waals surface area contributed by atoms with E-state index in [9.17, 15) is 9.59 Å². The smallest absolute Gasteiger partial charge is 0.299 e. The Hall–Kier alpha value is -2.92. The second-order valence-corrected chi connectivity index (χ2v) is 6.49. The first-order valence-corrected chi connectivity index (χ1v) is 8.61. The van der Waals surface area contributed by atoms with E-state index >= 15 is 0 Å². The third-order valence-corrected chi connectivity index (χ3v) is 4.51. The molecule has 0 aliphatic rings. The predicted octanol–water partition coefficient (Wildman–Crippen LogP) is 2.29. The Morgan fingerprint density at radius 1 is 0.731 bits per heavy atom. The second-order valence-electron chi connectivity index (χ2n) is 6.49. The van der Waals surface area contributed by atoms with E-state index in [-0.39, 0.29) is 11.2 Å². The van der Waals surface area contributed by atoms with Gasteiger partial charge in [0.25, 0.3) is 5.56 Å². The van der Waals surface area contributed by atoms with E-state index < -0.39 is 0 Å². The van der Waals surface area contributed by atoms with E-state index in [0.29, 0.717) is 12.2 Å². The van der Waals surface area contributed by atoms with Crippen LogP contribution < -0.4 is 11.2 Å². The molecule has 0 aliphatic heterocycles. The molecule has 0 saturated carbocycles. The van der Waals surface area contributed by atoms with Crippen molar-refractivity contribution in [3.05, 3.63) is 104 Å². The van der Waals surface area contributed by atoms with Crippen LogP contribution in [0.3, 0.4) is 0 Å². The minimum Gasteiger partial charge on any atom is -0.299 e. The maximum absolute atomic E-state index is 12.2. The maximum atomic E-state index is 12.2. The highest BCUT2D eigenvalue weighted by molar-refractivity contribution is 5.17. The van der Waals surface area contributed by atoms with Gasteiger partial charge in [0.1, 0.15) is 0 Å². The van der Waals surface area contributed by atoms with E-state index in [1.807, 2.05) is 36.4 Å². The molecule has 5 heteroatoms. The molecule has 134 valence electrons. The summed E-state index contributed by atoms with van der Waals surface area (Å²) in [6.45, 7) is 1.99. The van der Waals surface area contributed by atoms with E-state index in [2.05, 4.69) is 29.2 Å². The average molecular weight is 349 g/mol. The molecule has 0 radical (unpaired) electrons. The molecule has 0 bridgehead atoms. The second kappa shape index (κ2) is 7.97. The number of rotatable bonds is 6. The van der Waals surface area contributed by atoms with Crippen LogP contribution in [0, 0.1) is 0 Å². The zero-order chi connectivity index (χ0) is 18.5. The van der Waals surface area contributed by atoms with Crippen molar-refractivity contribution in [1.29, 1.82) is 0 Å². The van der Waals surface area contributed by atoms with Gasteiger partial charge in [0.05, 0.1) is 0 Å². The Morgan fingerprint density at radius 3 is 1.73 bits per heavy atom. The molecule has 0 saturated heterocycles. The lowest BCUT2D eigenvalue weighted by Crippen LogP contribution is -2.39. The Labute approximate surface area is 152 Å². The Bertz CT molecular complexity index is 934. The molecular weight excluding hydrogens is 326 g/mol. The van der Waals surface area contributed by atoms with Crippen molar-refractivity contribution in [1.82, 2.24) is 14.0 Å². The zero-order valence-corrected chi connectivity index (χ0v) is 15.1. The van der Waals surface area contributed by atoms with Crippen molar-refractivity contribution >= 4 is 0 Å². The predicted molar refractivity (Wildman–Crippen MR) is 103 cm³/mol. The van der Waals surface area contributed by atoms with Gasteiger partial charge in [0.2, 0.25) is 0 Å². The van der Waals surface area contributed by atoms with Crippen LogP contribution in [-0.4, -0.2) is 14.0 Å². The number of nitrogens with zero attached hydrogens (tertiary/aromatic N) is 3. The minimum atomic E-state index is -0.299. The summed E-state index contributed by atoms with van der Waals surface area (Å²) in [6, 6.07) is 21.9. The lowest BCUT2D eigenvalue weighted by atomic mass is 10.1. The van der Waals surface area contributed by atoms with Gasteiger partial charge in [-0.3, -0.25) is 18.8 Å². The van der Waals surface area contributed by atoms with Gasteiger partial charge in [0, 0.05) is 45.5 Å². The number of aromatic nitrogens is 2. The van der Waals surface area contributed by atoms with Crippen molar-refractivity contribution in [3.8, 4) is 0 Å². The monoisotopic (exact) mass is 349 g/mol. The van der Waals surface area contributed by atoms with Crippen molar-refractivity contribution in [2.75, 3.05) is 0 Å². The molecule has 26 heavy (non-hydrogen) atoms. The molecule has 1 aromatic heterocycles. The van der Waals surface area contributed by atoms with E-state index in [1.165, 1.54) is 18.2 Å². The zero-order valence-electron chi connectivity index (χ0n) is 15.1. The lowest BCUT2D eigenvalue weighted by Gasteiger charge is -2.24. The first kappa shape index (κ1) is 17.9. The molecule has 3 aromatic rings. The third kappa shape index (κ3) is 4.18. The van der Waals surface area contributed by atoms with Gasteiger partial charge in [-0.25, -0.2) is 4.79 Å². The fraction of sp³-hybridized carbons (Fsp3) is 0.238. The first-order valence-electron chi connectivity index (χ1n) is 8.61. The molecule has 0 spiro atoms. The Morgan fingerprint density at radius 2 is 1.23 bits per heavy atom. The van der Waals surface area contributed by atoms with Crippen molar-refractivity contribution in [2.45, 2.75) is 19.6 Å². The highest BCUT2D eigenvalue weighted by Gasteiger charge is 2.12. The summed E-state index contributed by atoms with van der Waals surface area (Å²) in [4.78, 5) is 26.5. The Kier molecular flexibility index (Phi) is 5.49. The molecule has 0 fully saturated rings. The molecule has 1 heterocycles. The summed E-state index contributed by atoms with van der Waals surface area (Å²) in [5.74, 6) is 0. The number of benzene rings is 2. The summed E-state index contributed by atoms with van der Waals surface area (Å²) in [7, 11) is 3.21. The molecule has 3 rings (SSSR count). The van der Waals surface area contributed by atoms with Gasteiger partial charge >= 0.3 is 5.69 Å². The van der Waals surface area contributed by atoms with Crippen LogP contribution in [-0.2, 0) is 33.7 Å². The maximum Gasteiger partial charge on any atom is 0.330 e. The molecule has 0 aliphatic carbocycles. The Balaban J connectivity index is 1.90. The first-order chi connectivity index (χ1) is 12.5. The third-order valence-electron chi connectivity index (χ3n) is 4.51. The van der Waals surface area contributed by atoms with Crippen LogP contribution in [0.25, 0.3) is 0 Å². The van der Waals surface area contributed by atoms with Crippen molar-refractivity contribution < 1.29 is 0 Å². The van der Waals surface area contributed by atoms with Gasteiger partial charge < -0.3 is 0 Å². The number of hydrogen-bond donors (Lipinski definition) is 0. The van der Waals surface area contributed by atoms with Crippen molar-refractivity contribution in [3.63, 3.8) is 0 Å². The summed E-state index contributed by atoms with van der Waals surface area (Å²) in [5.41, 5.74) is 2.52. The molecular formula is C21H23N3O2. The molecule has 2 aromatic carbocycles. The SMILES string of the molecule is Cn1c(CN(Cc2ccccc2)Cc2ccccc2)cc(=O)n(C)c1=O. The van der Waals surface area contributed by atoms with Crippen molar-refractivity contribution in [2.24, 2.45) is 14.1 Å². The van der Waals surface area contributed by atoms with Gasteiger partial charge in [-0.2, -0.15) is 0 Å². The van der Waals surface area contributed by atoms with Crippen LogP contribution in [0.1, 0.15) is 16.8 Å². The molecule has 5 nitrogen and oxygen atoms in total. The minimum absolute atomic E-state index is 0.275. The molecule has 0 amide bonds. The van der Waals surface area contributed by atoms with Crippen LogP contribution in [0.2, 0.25) is 0 Å². The van der Waals surface area contributed by atoms with Gasteiger partial charge in [-0.15, -0.1) is 0 Å². The lowest BCUT2D eigenvalue weighted by molar-refractivity contribution is 0.240. The fourth-order valence-corrected chi connectivity index (χ4v) is 3.01.